The highest BCUT2D eigenvalue weighted by Crippen LogP contribution is 2.23. The molecule has 5 nitrogen and oxygen atoms in total. The number of hydrogen-bond acceptors (Lipinski definition) is 5. The van der Waals surface area contributed by atoms with E-state index in [0.717, 1.165) is 9.88 Å². The summed E-state index contributed by atoms with van der Waals surface area (Å²) in [5, 5.41) is 0.899. The van der Waals surface area contributed by atoms with Crippen molar-refractivity contribution in [1.29, 1.82) is 0 Å². The average Bonchev–Trinajstić information content (AvgIpc) is 2.76. The monoisotopic (exact) mass is 361 g/mol. The van der Waals surface area contributed by atoms with Gasteiger partial charge in [-0.05, 0) is 25.1 Å². The number of anilines is 1. The molecule has 1 heterocycles. The van der Waals surface area contributed by atoms with Gasteiger partial charge in [-0.25, -0.2) is 18.1 Å². The van der Waals surface area contributed by atoms with Crippen LogP contribution < -0.4 is 10.5 Å². The molecule has 1 aromatic carbocycles. The van der Waals surface area contributed by atoms with Gasteiger partial charge in [0.15, 0.2) is 0 Å². The maximum atomic E-state index is 12.2. The molecule has 2 rings (SSSR count). The van der Waals surface area contributed by atoms with Gasteiger partial charge in [0.1, 0.15) is 4.90 Å². The second-order valence-electron chi connectivity index (χ2n) is 3.85. The third kappa shape index (κ3) is 3.53. The van der Waals surface area contributed by atoms with Crippen LogP contribution in [0.5, 0.6) is 0 Å². The molecule has 8 heteroatoms. The lowest BCUT2D eigenvalue weighted by Crippen LogP contribution is -2.23. The van der Waals surface area contributed by atoms with Crippen molar-refractivity contribution in [2.45, 2.75) is 18.4 Å². The minimum absolute atomic E-state index is 0.0723. The molecule has 0 radical (unpaired) electrons. The van der Waals surface area contributed by atoms with Crippen LogP contribution in [0, 0.1) is 6.92 Å². The maximum Gasteiger partial charge on any atom is 0.242 e. The number of nitrogen functional groups attached to an aromatic ring is 1. The van der Waals surface area contributed by atoms with Crippen LogP contribution in [0.3, 0.4) is 0 Å². The fourth-order valence-electron chi connectivity index (χ4n) is 1.47. The molecule has 0 atom stereocenters. The topological polar surface area (TPSA) is 85.1 Å². The van der Waals surface area contributed by atoms with E-state index in [9.17, 15) is 8.42 Å². The molecule has 0 bridgehead atoms. The van der Waals surface area contributed by atoms with Gasteiger partial charge in [-0.2, -0.15) is 0 Å². The van der Waals surface area contributed by atoms with Gasteiger partial charge in [0.25, 0.3) is 0 Å². The van der Waals surface area contributed by atoms with Gasteiger partial charge < -0.3 is 5.73 Å². The highest BCUT2D eigenvalue weighted by Gasteiger charge is 2.17. The molecule has 0 saturated carbocycles. The van der Waals surface area contributed by atoms with E-state index in [1.807, 2.05) is 6.92 Å². The van der Waals surface area contributed by atoms with E-state index in [4.69, 9.17) is 5.73 Å². The fourth-order valence-corrected chi connectivity index (χ4v) is 3.97. The van der Waals surface area contributed by atoms with Crippen LogP contribution in [-0.2, 0) is 16.6 Å². The summed E-state index contributed by atoms with van der Waals surface area (Å²) in [6.45, 7) is 2.08. The van der Waals surface area contributed by atoms with Gasteiger partial charge in [0.05, 0.1) is 10.7 Å². The lowest BCUT2D eigenvalue weighted by molar-refractivity contribution is 0.582. The smallest absolute Gasteiger partial charge is 0.242 e. The minimum atomic E-state index is -3.63. The maximum absolute atomic E-state index is 12.2. The molecular formula is C11H12BrN3O2S2. The number of rotatable bonds is 4. The van der Waals surface area contributed by atoms with E-state index in [1.165, 1.54) is 17.4 Å². The minimum Gasteiger partial charge on any atom is -0.398 e. The number of aryl methyl sites for hydroxylation is 1. The molecule has 3 N–H and O–H groups in total. The van der Waals surface area contributed by atoms with E-state index < -0.39 is 10.0 Å². The normalized spacial score (nSPS) is 11.7. The first-order valence-corrected chi connectivity index (χ1v) is 8.44. The third-order valence-corrected chi connectivity index (χ3v) is 5.23. The van der Waals surface area contributed by atoms with E-state index in [0.29, 0.717) is 4.47 Å². The number of nitrogens with two attached hydrogens (primary N) is 1. The van der Waals surface area contributed by atoms with Crippen LogP contribution in [0.2, 0.25) is 0 Å². The summed E-state index contributed by atoms with van der Waals surface area (Å²) < 4.78 is 27.5. The zero-order chi connectivity index (χ0) is 14.0. The Bertz CT molecular complexity index is 698. The number of hydrogen-bond donors (Lipinski definition) is 2. The van der Waals surface area contributed by atoms with Crippen LogP contribution in [0.25, 0.3) is 0 Å². The molecule has 0 fully saturated rings. The Morgan fingerprint density at radius 2 is 2.21 bits per heavy atom. The van der Waals surface area contributed by atoms with Crippen molar-refractivity contribution in [2.75, 3.05) is 5.73 Å². The Morgan fingerprint density at radius 1 is 1.47 bits per heavy atom. The first-order valence-electron chi connectivity index (χ1n) is 5.34. The van der Waals surface area contributed by atoms with Gasteiger partial charge in [-0.3, -0.25) is 0 Å². The Labute approximate surface area is 124 Å². The van der Waals surface area contributed by atoms with Crippen molar-refractivity contribution in [2.24, 2.45) is 0 Å². The summed E-state index contributed by atoms with van der Waals surface area (Å²) in [4.78, 5) is 5.00. The van der Waals surface area contributed by atoms with Crippen molar-refractivity contribution >= 4 is 43.0 Å². The number of halogens is 1. The molecule has 0 aliphatic heterocycles. The van der Waals surface area contributed by atoms with Gasteiger partial charge >= 0.3 is 0 Å². The molecule has 0 aliphatic rings. The Hall–Kier alpha value is -0.960. The standard InChI is InChI=1S/C11H12BrN3O2S2/c1-7-14-5-9(18-7)6-15-19(16,17)11-4-8(12)2-3-10(11)13/h2-5,15H,6,13H2,1H3. The summed E-state index contributed by atoms with van der Waals surface area (Å²) in [5.74, 6) is 0. The summed E-state index contributed by atoms with van der Waals surface area (Å²) in [5.41, 5.74) is 5.92. The molecule has 0 spiro atoms. The molecule has 2 aromatic rings. The Kier molecular flexibility index (Phi) is 4.24. The van der Waals surface area contributed by atoms with Gasteiger partial charge in [-0.1, -0.05) is 15.9 Å². The molecule has 0 unspecified atom stereocenters. The average molecular weight is 362 g/mol. The van der Waals surface area contributed by atoms with E-state index >= 15 is 0 Å². The quantitative estimate of drug-likeness (QED) is 0.818. The number of benzene rings is 1. The zero-order valence-electron chi connectivity index (χ0n) is 10.1. The number of nitrogens with zero attached hydrogens (tertiary/aromatic N) is 1. The van der Waals surface area contributed by atoms with Crippen LogP contribution in [0.15, 0.2) is 33.8 Å². The molecule has 0 saturated heterocycles. The molecule has 1 aromatic heterocycles. The molecule has 19 heavy (non-hydrogen) atoms. The predicted octanol–water partition coefficient (Wildman–Crippen LogP) is 2.27. The molecule has 0 amide bonds. The van der Waals surface area contributed by atoms with Crippen molar-refractivity contribution in [3.63, 3.8) is 0 Å². The van der Waals surface area contributed by atoms with Crippen molar-refractivity contribution in [3.8, 4) is 0 Å². The van der Waals surface area contributed by atoms with Crippen molar-refractivity contribution in [3.05, 3.63) is 38.8 Å². The fraction of sp³-hybridized carbons (Fsp3) is 0.182. The number of aromatic nitrogens is 1. The molecule has 0 aliphatic carbocycles. The van der Waals surface area contributed by atoms with Crippen LogP contribution in [0.4, 0.5) is 5.69 Å². The van der Waals surface area contributed by atoms with Crippen LogP contribution in [-0.4, -0.2) is 13.4 Å². The van der Waals surface area contributed by atoms with Crippen molar-refractivity contribution < 1.29 is 8.42 Å². The summed E-state index contributed by atoms with van der Waals surface area (Å²) in [6.07, 6.45) is 1.66. The molecule has 102 valence electrons. The summed E-state index contributed by atoms with van der Waals surface area (Å²) >= 11 is 4.68. The van der Waals surface area contributed by atoms with Crippen LogP contribution in [0.1, 0.15) is 9.88 Å². The van der Waals surface area contributed by atoms with Gasteiger partial charge in [0.2, 0.25) is 10.0 Å². The Balaban J connectivity index is 2.20. The summed E-state index contributed by atoms with van der Waals surface area (Å²) in [6, 6.07) is 4.73. The largest absolute Gasteiger partial charge is 0.398 e. The van der Waals surface area contributed by atoms with E-state index in [2.05, 4.69) is 25.6 Å². The number of nitrogens with one attached hydrogen (secondary N) is 1. The third-order valence-electron chi connectivity index (χ3n) is 2.37. The predicted molar refractivity (Wildman–Crippen MR) is 79.4 cm³/mol. The second kappa shape index (κ2) is 5.58. The first-order chi connectivity index (χ1) is 8.88. The number of sulfonamides is 1. The summed E-state index contributed by atoms with van der Waals surface area (Å²) in [7, 11) is -3.63. The lowest BCUT2D eigenvalue weighted by Gasteiger charge is -2.08. The molecular weight excluding hydrogens is 350 g/mol. The lowest BCUT2D eigenvalue weighted by atomic mass is 10.3. The zero-order valence-corrected chi connectivity index (χ0v) is 13.3. The van der Waals surface area contributed by atoms with Crippen LogP contribution >= 0.6 is 27.3 Å². The highest BCUT2D eigenvalue weighted by molar-refractivity contribution is 9.10. The SMILES string of the molecule is Cc1ncc(CNS(=O)(=O)c2cc(Br)ccc2N)s1. The van der Waals surface area contributed by atoms with Gasteiger partial charge in [0, 0.05) is 22.1 Å². The van der Waals surface area contributed by atoms with Crippen molar-refractivity contribution in [1.82, 2.24) is 9.71 Å². The van der Waals surface area contributed by atoms with E-state index in [-0.39, 0.29) is 17.1 Å². The second-order valence-corrected chi connectivity index (χ2v) is 7.82. The highest BCUT2D eigenvalue weighted by atomic mass is 79.9. The Morgan fingerprint density at radius 3 is 2.84 bits per heavy atom. The van der Waals surface area contributed by atoms with Gasteiger partial charge in [-0.15, -0.1) is 11.3 Å². The van der Waals surface area contributed by atoms with E-state index in [1.54, 1.807) is 18.3 Å². The first kappa shape index (κ1) is 14.4. The number of thiazole rings is 1.